The molecule has 0 aliphatic carbocycles. The Hall–Kier alpha value is -6.24. The third-order valence-corrected chi connectivity index (χ3v) is 12.7. The molecule has 312 valence electrons. The number of H-pyrrole nitrogens is 2. The van der Waals surface area contributed by atoms with Gasteiger partial charge >= 0.3 is 6.09 Å². The lowest BCUT2D eigenvalue weighted by molar-refractivity contribution is -0.141. The minimum absolute atomic E-state index is 0.0879. The number of halogens is 1. The minimum Gasteiger partial charge on any atom is -0.431 e. The van der Waals surface area contributed by atoms with E-state index in [1.54, 1.807) is 35.4 Å². The number of imidazole rings is 2. The number of carbonyl (C=O) groups excluding carboxylic acids is 3. The summed E-state index contributed by atoms with van der Waals surface area (Å²) in [4.78, 5) is 62.6. The third kappa shape index (κ3) is 8.42. The first-order chi connectivity index (χ1) is 29.8. The lowest BCUT2D eigenvalue weighted by Gasteiger charge is -2.37. The minimum atomic E-state index is -1.26. The highest BCUT2D eigenvalue weighted by atomic mass is 35.5. The van der Waals surface area contributed by atoms with E-state index in [1.165, 1.54) is 6.42 Å². The van der Waals surface area contributed by atoms with Gasteiger partial charge in [0.15, 0.2) is 0 Å². The van der Waals surface area contributed by atoms with Gasteiger partial charge < -0.3 is 30.2 Å². The zero-order valence-electron chi connectivity index (χ0n) is 33.9. The number of nitrogens with zero attached hydrogens (tertiary/aromatic N) is 5. The molecule has 3 aliphatic rings. The quantitative estimate of drug-likeness (QED) is 0.118. The Morgan fingerprint density at radius 1 is 0.623 bits per heavy atom. The van der Waals surface area contributed by atoms with Crippen molar-refractivity contribution < 1.29 is 19.1 Å². The number of aromatic nitrogens is 4. The molecule has 0 radical (unpaired) electrons. The summed E-state index contributed by atoms with van der Waals surface area (Å²) in [5, 5.41) is 0.311. The van der Waals surface area contributed by atoms with Crippen LogP contribution in [0.15, 0.2) is 116 Å². The van der Waals surface area contributed by atoms with Gasteiger partial charge in [-0.25, -0.2) is 14.8 Å². The van der Waals surface area contributed by atoms with Crippen LogP contribution in [0.3, 0.4) is 0 Å². The van der Waals surface area contributed by atoms with Gasteiger partial charge in [0, 0.05) is 23.7 Å². The number of nitrogens with two attached hydrogens (primary N) is 1. The molecule has 0 unspecified atom stereocenters. The summed E-state index contributed by atoms with van der Waals surface area (Å²) in [5.41, 5.74) is 12.7. The zero-order valence-corrected chi connectivity index (χ0v) is 34.6. The highest BCUT2D eigenvalue weighted by Crippen LogP contribution is 2.38. The van der Waals surface area contributed by atoms with Gasteiger partial charge in [0.2, 0.25) is 12.0 Å². The molecule has 12 nitrogen and oxygen atoms in total. The molecule has 4 atom stereocenters. The maximum atomic E-state index is 14.4. The molecule has 3 amide bonds. The third-order valence-electron chi connectivity index (χ3n) is 12.4. The van der Waals surface area contributed by atoms with Crippen LogP contribution in [0.5, 0.6) is 0 Å². The van der Waals surface area contributed by atoms with E-state index in [4.69, 9.17) is 27.1 Å². The van der Waals surface area contributed by atoms with Crippen molar-refractivity contribution in [2.45, 2.75) is 69.2 Å². The topological polar surface area (TPSA) is 154 Å². The average Bonchev–Trinajstić information content (AvgIpc) is 4.14. The van der Waals surface area contributed by atoms with Crippen LogP contribution in [0.1, 0.15) is 92.0 Å². The molecule has 9 rings (SSSR count). The number of likely N-dealkylation sites (tertiary alicyclic amines) is 3. The van der Waals surface area contributed by atoms with E-state index in [9.17, 15) is 14.4 Å². The van der Waals surface area contributed by atoms with Gasteiger partial charge in [0.1, 0.15) is 17.7 Å². The Kier molecular flexibility index (Phi) is 11.7. The van der Waals surface area contributed by atoms with Crippen LogP contribution in [-0.2, 0) is 14.3 Å². The normalized spacial score (nSPS) is 19.2. The molecule has 3 fully saturated rings. The lowest BCUT2D eigenvalue weighted by Crippen LogP contribution is -2.44. The average molecular weight is 837 g/mol. The van der Waals surface area contributed by atoms with E-state index in [0.29, 0.717) is 29.4 Å². The van der Waals surface area contributed by atoms with Gasteiger partial charge in [-0.2, -0.15) is 0 Å². The summed E-state index contributed by atoms with van der Waals surface area (Å²) < 4.78 is 5.31. The summed E-state index contributed by atoms with van der Waals surface area (Å²) >= 11 is 6.40. The van der Waals surface area contributed by atoms with Crippen molar-refractivity contribution >= 4 is 29.5 Å². The number of hydrogen-bond acceptors (Lipinski definition) is 7. The summed E-state index contributed by atoms with van der Waals surface area (Å²) in [7, 11) is 0. The number of rotatable bonds is 11. The zero-order chi connectivity index (χ0) is 41.9. The van der Waals surface area contributed by atoms with E-state index < -0.39 is 18.1 Å². The molecule has 5 heterocycles. The first-order valence-corrected chi connectivity index (χ1v) is 21.6. The van der Waals surface area contributed by atoms with E-state index >= 15 is 0 Å². The van der Waals surface area contributed by atoms with E-state index in [2.05, 4.69) is 85.4 Å². The first kappa shape index (κ1) is 40.2. The van der Waals surface area contributed by atoms with Gasteiger partial charge in [-0.1, -0.05) is 115 Å². The second-order valence-corrected chi connectivity index (χ2v) is 16.6. The standard InChI is InChI=1S/C48H49ClN8O4/c49-37-14-6-5-13-36(37)43(61-48(50)60)47(59)57-28-10-16-41(57)45-52-30-39(54-45)34-23-19-32(20-24-34)31-17-21-33(22-18-31)38-29-51-44(53-38)40-15-9-27-56(40)46(58)42(35-11-3-1-4-12-35)55-25-7-2-8-26-55/h1,3-6,11-14,17-24,29-30,40-43H,2,7-10,15-16,25-28H2,(H2,50,60)(H,51,53)(H,52,54)/t40-,41-,42+,43+/m0/s1. The number of nitrogens with one attached hydrogen (secondary N) is 2. The van der Waals surface area contributed by atoms with Crippen LogP contribution in [-0.4, -0.2) is 78.7 Å². The SMILES string of the molecule is NC(=O)O[C@@H](C(=O)N1CCC[C@H]1c1ncc(-c2ccc(-c3ccc(-c4cnc([C@@H]5CCCN5C(=O)[C@@H](c5ccccc5)N5CCCCC5)[nH]4)cc3)cc2)[nH]1)c1ccccc1Cl. The number of primary amides is 1. The van der Waals surface area contributed by atoms with Crippen LogP contribution in [0.2, 0.25) is 5.02 Å². The fourth-order valence-corrected chi connectivity index (χ4v) is 9.53. The van der Waals surface area contributed by atoms with Crippen molar-refractivity contribution in [1.82, 2.24) is 34.6 Å². The first-order valence-electron chi connectivity index (χ1n) is 21.2. The van der Waals surface area contributed by atoms with Crippen molar-refractivity contribution in [3.63, 3.8) is 0 Å². The molecule has 3 aliphatic heterocycles. The number of benzene rings is 4. The van der Waals surface area contributed by atoms with Gasteiger partial charge in [0.25, 0.3) is 5.91 Å². The summed E-state index contributed by atoms with van der Waals surface area (Å²) in [6.45, 7) is 3.09. The Bertz CT molecular complexity index is 2480. The number of amides is 3. The maximum absolute atomic E-state index is 14.4. The van der Waals surface area contributed by atoms with Crippen LogP contribution >= 0.6 is 11.6 Å². The van der Waals surface area contributed by atoms with Gasteiger partial charge in [-0.15, -0.1) is 0 Å². The fourth-order valence-electron chi connectivity index (χ4n) is 9.30. The van der Waals surface area contributed by atoms with Crippen molar-refractivity contribution in [3.05, 3.63) is 143 Å². The smallest absolute Gasteiger partial charge is 0.405 e. The van der Waals surface area contributed by atoms with E-state index in [1.807, 2.05) is 24.4 Å². The summed E-state index contributed by atoms with van der Waals surface area (Å²) in [6, 6.07) is 33.0. The fraction of sp³-hybridized carbons (Fsp3) is 0.312. The highest BCUT2D eigenvalue weighted by molar-refractivity contribution is 6.31. The van der Waals surface area contributed by atoms with Gasteiger partial charge in [-0.3, -0.25) is 14.5 Å². The number of carbonyl (C=O) groups is 3. The molecule has 0 bridgehead atoms. The molecule has 4 N–H and O–H groups in total. The predicted molar refractivity (Wildman–Crippen MR) is 234 cm³/mol. The van der Waals surface area contributed by atoms with Crippen LogP contribution < -0.4 is 5.73 Å². The second kappa shape index (κ2) is 17.8. The van der Waals surface area contributed by atoms with E-state index in [0.717, 1.165) is 96.8 Å². The molecule has 0 saturated carbocycles. The second-order valence-electron chi connectivity index (χ2n) is 16.1. The lowest BCUT2D eigenvalue weighted by atomic mass is 10.00. The Labute approximate surface area is 360 Å². The Morgan fingerprint density at radius 3 is 1.67 bits per heavy atom. The van der Waals surface area contributed by atoms with Gasteiger partial charge in [0.05, 0.1) is 35.9 Å². The van der Waals surface area contributed by atoms with Crippen molar-refractivity contribution in [2.75, 3.05) is 26.2 Å². The van der Waals surface area contributed by atoms with Crippen LogP contribution in [0.25, 0.3) is 33.6 Å². The Morgan fingerprint density at radius 2 is 1.13 bits per heavy atom. The molecule has 0 spiro atoms. The molecule has 13 heteroatoms. The largest absolute Gasteiger partial charge is 0.431 e. The van der Waals surface area contributed by atoms with Crippen molar-refractivity contribution in [1.29, 1.82) is 0 Å². The Balaban J connectivity index is 0.863. The molecular formula is C48H49ClN8O4. The van der Waals surface area contributed by atoms with Crippen molar-refractivity contribution in [3.8, 4) is 33.6 Å². The molecule has 61 heavy (non-hydrogen) atoms. The van der Waals surface area contributed by atoms with Crippen LogP contribution in [0, 0.1) is 0 Å². The number of piperidine rings is 1. The molecule has 6 aromatic rings. The monoisotopic (exact) mass is 836 g/mol. The van der Waals surface area contributed by atoms with Gasteiger partial charge in [-0.05, 0) is 85.5 Å². The molecule has 3 saturated heterocycles. The number of aromatic amines is 2. The summed E-state index contributed by atoms with van der Waals surface area (Å²) in [6.07, 6.45) is 8.10. The van der Waals surface area contributed by atoms with Crippen molar-refractivity contribution in [2.24, 2.45) is 5.73 Å². The number of ether oxygens (including phenoxy) is 1. The van der Waals surface area contributed by atoms with E-state index in [-0.39, 0.29) is 24.0 Å². The van der Waals surface area contributed by atoms with Crippen LogP contribution in [0.4, 0.5) is 4.79 Å². The highest BCUT2D eigenvalue weighted by Gasteiger charge is 2.40. The maximum Gasteiger partial charge on any atom is 0.405 e. The molecule has 2 aromatic heterocycles. The molecular weight excluding hydrogens is 788 g/mol. The molecule has 4 aromatic carbocycles. The summed E-state index contributed by atoms with van der Waals surface area (Å²) in [5.74, 6) is 1.25. The predicted octanol–water partition coefficient (Wildman–Crippen LogP) is 9.18. The number of hydrogen-bond donors (Lipinski definition) is 3.